The summed E-state index contributed by atoms with van der Waals surface area (Å²) < 4.78 is 6.46. The largest absolute Gasteiger partial charge is 0.444 e. The molecule has 19 heavy (non-hydrogen) atoms. The lowest BCUT2D eigenvalue weighted by Gasteiger charge is -2.40. The van der Waals surface area contributed by atoms with E-state index in [0.717, 1.165) is 23.4 Å². The molecule has 1 saturated heterocycles. The molecular formula is C13H19BrN2O2S. The molecule has 0 spiro atoms. The Hall–Kier alpha value is -0.590. The number of thiophene rings is 1. The van der Waals surface area contributed by atoms with Crippen LogP contribution in [0.3, 0.4) is 0 Å². The number of likely N-dealkylation sites (tertiary alicyclic amines) is 1. The third kappa shape index (κ3) is 4.47. The first-order valence-electron chi connectivity index (χ1n) is 6.29. The van der Waals surface area contributed by atoms with E-state index in [2.05, 4.69) is 33.4 Å². The average molecular weight is 347 g/mol. The summed E-state index contributed by atoms with van der Waals surface area (Å²) in [5.41, 5.74) is -0.418. The summed E-state index contributed by atoms with van der Waals surface area (Å²) in [5.74, 6) is 0. The molecule has 0 radical (unpaired) electrons. The lowest BCUT2D eigenvalue weighted by Crippen LogP contribution is -2.60. The summed E-state index contributed by atoms with van der Waals surface area (Å²) in [6.07, 6.45) is -0.218. The van der Waals surface area contributed by atoms with Gasteiger partial charge in [0.2, 0.25) is 0 Å². The van der Waals surface area contributed by atoms with Crippen LogP contribution in [0.25, 0.3) is 0 Å². The first-order chi connectivity index (χ1) is 8.83. The van der Waals surface area contributed by atoms with Crippen molar-refractivity contribution in [3.8, 4) is 0 Å². The Morgan fingerprint density at radius 1 is 1.53 bits per heavy atom. The summed E-state index contributed by atoms with van der Waals surface area (Å²) >= 11 is 5.18. The molecular weight excluding hydrogens is 328 g/mol. The number of rotatable bonds is 3. The van der Waals surface area contributed by atoms with Crippen molar-refractivity contribution in [3.63, 3.8) is 0 Å². The first-order valence-corrected chi connectivity index (χ1v) is 7.90. The second-order valence-electron chi connectivity index (χ2n) is 5.67. The van der Waals surface area contributed by atoms with Gasteiger partial charge >= 0.3 is 6.09 Å². The van der Waals surface area contributed by atoms with Crippen molar-refractivity contribution in [2.45, 2.75) is 39.0 Å². The van der Waals surface area contributed by atoms with E-state index >= 15 is 0 Å². The second-order valence-corrected chi connectivity index (χ2v) is 8.22. The van der Waals surface area contributed by atoms with Crippen molar-refractivity contribution < 1.29 is 9.53 Å². The van der Waals surface area contributed by atoms with E-state index in [-0.39, 0.29) is 6.09 Å². The quantitative estimate of drug-likeness (QED) is 0.913. The number of nitrogens with zero attached hydrogens (tertiary/aromatic N) is 1. The molecule has 2 rings (SSSR count). The Morgan fingerprint density at radius 2 is 2.21 bits per heavy atom. The highest BCUT2D eigenvalue weighted by Gasteiger charge is 2.33. The number of nitrogens with one attached hydrogen (secondary N) is 1. The Balaban J connectivity index is 1.67. The van der Waals surface area contributed by atoms with Crippen LogP contribution in [0.4, 0.5) is 4.79 Å². The minimum Gasteiger partial charge on any atom is -0.444 e. The van der Waals surface area contributed by atoms with Crippen molar-refractivity contribution >= 4 is 33.4 Å². The molecule has 1 N–H and O–H groups in total. The van der Waals surface area contributed by atoms with Crippen LogP contribution in [0.5, 0.6) is 0 Å². The molecule has 1 amide bonds. The lowest BCUT2D eigenvalue weighted by molar-refractivity contribution is 0.00521. The van der Waals surface area contributed by atoms with Crippen molar-refractivity contribution in [2.75, 3.05) is 13.1 Å². The van der Waals surface area contributed by atoms with Gasteiger partial charge in [-0.15, -0.1) is 11.3 Å². The van der Waals surface area contributed by atoms with Gasteiger partial charge in [0.1, 0.15) is 5.60 Å². The van der Waals surface area contributed by atoms with Gasteiger partial charge in [0.05, 0.1) is 3.79 Å². The smallest absolute Gasteiger partial charge is 0.410 e. The predicted octanol–water partition coefficient (Wildman–Crippen LogP) is 3.22. The van der Waals surface area contributed by atoms with Gasteiger partial charge in [-0.05, 0) is 48.8 Å². The molecule has 1 aliphatic heterocycles. The van der Waals surface area contributed by atoms with Crippen molar-refractivity contribution in [2.24, 2.45) is 0 Å². The predicted molar refractivity (Wildman–Crippen MR) is 80.5 cm³/mol. The normalized spacial score (nSPS) is 16.3. The fourth-order valence-corrected chi connectivity index (χ4v) is 3.21. The van der Waals surface area contributed by atoms with Crippen molar-refractivity contribution in [1.29, 1.82) is 0 Å². The molecule has 0 atom stereocenters. The van der Waals surface area contributed by atoms with Gasteiger partial charge in [-0.2, -0.15) is 0 Å². The van der Waals surface area contributed by atoms with Gasteiger partial charge < -0.3 is 15.0 Å². The summed E-state index contributed by atoms with van der Waals surface area (Å²) in [6, 6.07) is 4.52. The molecule has 4 nitrogen and oxygen atoms in total. The third-order valence-corrected chi connectivity index (χ3v) is 4.35. The Bertz CT molecular complexity index is 450. The number of hydrogen-bond donors (Lipinski definition) is 1. The molecule has 0 bridgehead atoms. The maximum Gasteiger partial charge on any atom is 0.410 e. The maximum atomic E-state index is 11.7. The van der Waals surface area contributed by atoms with Crippen LogP contribution in [-0.4, -0.2) is 35.7 Å². The molecule has 1 fully saturated rings. The maximum absolute atomic E-state index is 11.7. The van der Waals surface area contributed by atoms with Crippen LogP contribution in [0.2, 0.25) is 0 Å². The summed E-state index contributed by atoms with van der Waals surface area (Å²) in [5, 5.41) is 3.44. The van der Waals surface area contributed by atoms with Gasteiger partial charge in [-0.3, -0.25) is 0 Å². The number of carbonyl (C=O) groups is 1. The van der Waals surface area contributed by atoms with Crippen LogP contribution >= 0.6 is 27.3 Å². The summed E-state index contributed by atoms with van der Waals surface area (Å²) in [7, 11) is 0. The summed E-state index contributed by atoms with van der Waals surface area (Å²) in [4.78, 5) is 14.8. The first kappa shape index (κ1) is 14.8. The topological polar surface area (TPSA) is 41.6 Å². The van der Waals surface area contributed by atoms with Crippen LogP contribution in [0.1, 0.15) is 25.6 Å². The second kappa shape index (κ2) is 5.81. The Morgan fingerprint density at radius 3 is 2.74 bits per heavy atom. The number of halogens is 1. The highest BCUT2D eigenvalue weighted by atomic mass is 79.9. The standard InChI is InChI=1S/C13H19BrN2O2S/c1-13(2,3)18-12(17)16-7-9(8-16)15-6-10-4-5-11(14)19-10/h4-5,9,15H,6-8H2,1-3H3. The van der Waals surface area contributed by atoms with Crippen LogP contribution in [0, 0.1) is 0 Å². The van der Waals surface area contributed by atoms with Crippen molar-refractivity contribution in [3.05, 3.63) is 20.8 Å². The van der Waals surface area contributed by atoms with E-state index in [9.17, 15) is 4.79 Å². The van der Waals surface area contributed by atoms with E-state index in [1.165, 1.54) is 4.88 Å². The fraction of sp³-hybridized carbons (Fsp3) is 0.615. The molecule has 1 aromatic rings. The van der Waals surface area contributed by atoms with Crippen LogP contribution in [-0.2, 0) is 11.3 Å². The molecule has 6 heteroatoms. The van der Waals surface area contributed by atoms with E-state index in [0.29, 0.717) is 6.04 Å². The molecule has 106 valence electrons. The molecule has 1 aromatic heterocycles. The van der Waals surface area contributed by atoms with Crippen LogP contribution in [0.15, 0.2) is 15.9 Å². The SMILES string of the molecule is CC(C)(C)OC(=O)N1CC(NCc2ccc(Br)s2)C1. The zero-order chi connectivity index (χ0) is 14.0. The Kier molecular flexibility index (Phi) is 4.53. The number of amides is 1. The van der Waals surface area contributed by atoms with E-state index in [1.54, 1.807) is 16.2 Å². The van der Waals surface area contributed by atoms with Crippen molar-refractivity contribution in [1.82, 2.24) is 10.2 Å². The molecule has 0 aliphatic carbocycles. The third-order valence-electron chi connectivity index (χ3n) is 2.73. The van der Waals surface area contributed by atoms with E-state index in [4.69, 9.17) is 4.74 Å². The minimum atomic E-state index is -0.418. The zero-order valence-electron chi connectivity index (χ0n) is 11.4. The van der Waals surface area contributed by atoms with Gasteiger partial charge in [0, 0.05) is 30.6 Å². The zero-order valence-corrected chi connectivity index (χ0v) is 13.8. The lowest BCUT2D eigenvalue weighted by atomic mass is 10.1. The fourth-order valence-electron chi connectivity index (χ4n) is 1.77. The van der Waals surface area contributed by atoms with Gasteiger partial charge in [0.25, 0.3) is 0 Å². The summed E-state index contributed by atoms with van der Waals surface area (Å²) in [6.45, 7) is 7.95. The number of carbonyl (C=O) groups excluding carboxylic acids is 1. The molecule has 0 unspecified atom stereocenters. The highest BCUT2D eigenvalue weighted by molar-refractivity contribution is 9.11. The molecule has 0 saturated carbocycles. The van der Waals surface area contributed by atoms with E-state index < -0.39 is 5.60 Å². The van der Waals surface area contributed by atoms with Gasteiger partial charge in [0.15, 0.2) is 0 Å². The minimum absolute atomic E-state index is 0.218. The van der Waals surface area contributed by atoms with Gasteiger partial charge in [-0.25, -0.2) is 4.79 Å². The van der Waals surface area contributed by atoms with Crippen LogP contribution < -0.4 is 5.32 Å². The molecule has 0 aromatic carbocycles. The molecule has 1 aliphatic rings. The monoisotopic (exact) mass is 346 g/mol. The average Bonchev–Trinajstić information content (AvgIpc) is 2.59. The van der Waals surface area contributed by atoms with Gasteiger partial charge in [-0.1, -0.05) is 0 Å². The Labute approximate surface area is 126 Å². The van der Waals surface area contributed by atoms with E-state index in [1.807, 2.05) is 20.8 Å². The highest BCUT2D eigenvalue weighted by Crippen LogP contribution is 2.22. The number of hydrogen-bond acceptors (Lipinski definition) is 4. The number of ether oxygens (including phenoxy) is 1. The molecule has 2 heterocycles.